The van der Waals surface area contributed by atoms with Crippen molar-refractivity contribution in [1.29, 1.82) is 0 Å². The van der Waals surface area contributed by atoms with Gasteiger partial charge >= 0.3 is 0 Å². The molecule has 3 heterocycles. The molecule has 0 spiro atoms. The number of hydrogen-bond donors (Lipinski definition) is 0. The van der Waals surface area contributed by atoms with E-state index >= 15 is 0 Å². The molecular weight excluding hydrogens is 607 g/mol. The summed E-state index contributed by atoms with van der Waals surface area (Å²) in [6.45, 7) is 0. The highest BCUT2D eigenvalue weighted by molar-refractivity contribution is 5.70. The van der Waals surface area contributed by atoms with E-state index in [-0.39, 0.29) is 5.92 Å². The first-order valence-electron chi connectivity index (χ1n) is 16.8. The van der Waals surface area contributed by atoms with E-state index in [2.05, 4.69) is 166 Å². The molecule has 0 saturated carbocycles. The Morgan fingerprint density at radius 2 is 0.760 bits per heavy atom. The van der Waals surface area contributed by atoms with E-state index in [0.29, 0.717) is 0 Å². The average molecular weight is 640 g/mol. The van der Waals surface area contributed by atoms with Gasteiger partial charge in [0.2, 0.25) is 0 Å². The number of benzene rings is 4. The van der Waals surface area contributed by atoms with E-state index in [0.717, 1.165) is 61.2 Å². The molecule has 0 radical (unpaired) electrons. The number of allylic oxidation sites excluding steroid dienone is 4. The molecule has 1 aliphatic rings. The molecule has 1 aliphatic carbocycles. The Morgan fingerprint density at radius 1 is 0.400 bits per heavy atom. The Balaban J connectivity index is 1.32. The highest BCUT2D eigenvalue weighted by Gasteiger charge is 2.38. The number of rotatable bonds is 7. The van der Waals surface area contributed by atoms with Gasteiger partial charge in [-0.05, 0) is 86.0 Å². The van der Waals surface area contributed by atoms with Crippen LogP contribution in [0.4, 0.5) is 0 Å². The van der Waals surface area contributed by atoms with Gasteiger partial charge in [0, 0.05) is 42.7 Å². The third-order valence-electron chi connectivity index (χ3n) is 9.39. The minimum atomic E-state index is -0.642. The molecule has 8 rings (SSSR count). The summed E-state index contributed by atoms with van der Waals surface area (Å²) in [5.74, 6) is 6.93. The average Bonchev–Trinajstić information content (AvgIpc) is 3.74. The van der Waals surface area contributed by atoms with Gasteiger partial charge in [-0.1, -0.05) is 139 Å². The number of hydrogen-bond acceptors (Lipinski definition) is 3. The Morgan fingerprint density at radius 3 is 1.10 bits per heavy atom. The first-order valence-corrected chi connectivity index (χ1v) is 16.8. The van der Waals surface area contributed by atoms with Gasteiger partial charge in [0.25, 0.3) is 0 Å². The molecule has 0 bridgehead atoms. The molecule has 0 saturated heterocycles. The molecule has 236 valence electrons. The maximum absolute atomic E-state index is 4.36. The summed E-state index contributed by atoms with van der Waals surface area (Å²) in [4.78, 5) is 13.1. The molecule has 4 aromatic carbocycles. The van der Waals surface area contributed by atoms with Crippen LogP contribution in [0.2, 0.25) is 0 Å². The van der Waals surface area contributed by atoms with Crippen molar-refractivity contribution in [3.63, 3.8) is 0 Å². The fourth-order valence-electron chi connectivity index (χ4n) is 6.84. The van der Waals surface area contributed by atoms with Crippen LogP contribution >= 0.6 is 0 Å². The van der Waals surface area contributed by atoms with Crippen LogP contribution in [-0.2, 0) is 5.41 Å². The summed E-state index contributed by atoms with van der Waals surface area (Å²) in [6.07, 6.45) is 19.5. The third-order valence-corrected chi connectivity index (χ3v) is 9.39. The fraction of sp³-hybridized carbons (Fsp3) is 0.0426. The number of nitrogens with zero attached hydrogens (tertiary/aromatic N) is 3. The second-order valence-electron chi connectivity index (χ2n) is 12.3. The standard InChI is InChI=1S/C47H33N3/c1-2-7-35(6-1)11-12-36-13-21-43(22-14-36)47(44-23-15-37(16-24-44)40-8-3-29-48-32-40,45-25-17-38(18-26-45)41-9-4-30-49-33-41)46-27-19-39(20-28-46)42-10-5-31-50-34-42/h1-10,13-35H. The van der Waals surface area contributed by atoms with Crippen molar-refractivity contribution in [1.82, 2.24) is 15.0 Å². The zero-order chi connectivity index (χ0) is 33.6. The predicted octanol–water partition coefficient (Wildman–Crippen LogP) is 10.3. The van der Waals surface area contributed by atoms with Crippen molar-refractivity contribution in [3.05, 3.63) is 223 Å². The molecule has 3 nitrogen and oxygen atoms in total. The smallest absolute Gasteiger partial charge is 0.0701 e. The minimum absolute atomic E-state index is 0.156. The fourth-order valence-corrected chi connectivity index (χ4v) is 6.84. The van der Waals surface area contributed by atoms with E-state index in [1.807, 2.05) is 55.4 Å². The molecule has 50 heavy (non-hydrogen) atoms. The largest absolute Gasteiger partial charge is 0.264 e. The van der Waals surface area contributed by atoms with Gasteiger partial charge in [-0.25, -0.2) is 0 Å². The first-order chi connectivity index (χ1) is 24.8. The molecule has 0 N–H and O–H groups in total. The predicted molar refractivity (Wildman–Crippen MR) is 203 cm³/mol. The molecule has 7 aromatic rings. The van der Waals surface area contributed by atoms with Crippen molar-refractivity contribution >= 4 is 0 Å². The molecule has 3 aromatic heterocycles. The summed E-state index contributed by atoms with van der Waals surface area (Å²) < 4.78 is 0. The SMILES string of the molecule is C(#CC1C=CC=C1)c1ccc(C(c2ccc(-c3cccnc3)cc2)(c2ccc(-c3cccnc3)cc2)c2ccc(-c3cccnc3)cc2)cc1. The van der Waals surface area contributed by atoms with Crippen LogP contribution in [0.1, 0.15) is 27.8 Å². The van der Waals surface area contributed by atoms with Crippen LogP contribution < -0.4 is 0 Å². The topological polar surface area (TPSA) is 38.7 Å². The quantitative estimate of drug-likeness (QED) is 0.129. The highest BCUT2D eigenvalue weighted by Crippen LogP contribution is 2.46. The van der Waals surface area contributed by atoms with Crippen LogP contribution in [0.5, 0.6) is 0 Å². The van der Waals surface area contributed by atoms with Crippen LogP contribution in [0.3, 0.4) is 0 Å². The highest BCUT2D eigenvalue weighted by atomic mass is 14.6. The van der Waals surface area contributed by atoms with E-state index in [4.69, 9.17) is 0 Å². The van der Waals surface area contributed by atoms with Crippen LogP contribution in [0.15, 0.2) is 195 Å². The zero-order valence-electron chi connectivity index (χ0n) is 27.4. The Hall–Kier alpha value is -6.63. The Kier molecular flexibility index (Phi) is 8.50. The first kappa shape index (κ1) is 30.7. The van der Waals surface area contributed by atoms with E-state index in [1.54, 1.807) is 0 Å². The lowest BCUT2D eigenvalue weighted by molar-refractivity contribution is 0.745. The maximum Gasteiger partial charge on any atom is 0.0701 e. The minimum Gasteiger partial charge on any atom is -0.264 e. The Labute approximate surface area is 293 Å². The van der Waals surface area contributed by atoms with Crippen molar-refractivity contribution in [2.75, 3.05) is 0 Å². The van der Waals surface area contributed by atoms with Gasteiger partial charge in [0.05, 0.1) is 11.3 Å². The maximum atomic E-state index is 4.36. The summed E-state index contributed by atoms with van der Waals surface area (Å²) in [5.41, 5.74) is 11.6. The lowest BCUT2D eigenvalue weighted by Gasteiger charge is -2.37. The van der Waals surface area contributed by atoms with Gasteiger partial charge in [-0.15, -0.1) is 0 Å². The van der Waals surface area contributed by atoms with Crippen LogP contribution in [0.25, 0.3) is 33.4 Å². The number of aromatic nitrogens is 3. The van der Waals surface area contributed by atoms with Crippen LogP contribution in [-0.4, -0.2) is 15.0 Å². The molecular formula is C47H33N3. The van der Waals surface area contributed by atoms with Gasteiger partial charge in [-0.2, -0.15) is 0 Å². The normalized spacial score (nSPS) is 12.4. The summed E-state index contributed by atoms with van der Waals surface area (Å²) in [6, 6.07) is 47.8. The van der Waals surface area contributed by atoms with E-state index in [9.17, 15) is 0 Å². The molecule has 3 heteroatoms. The zero-order valence-corrected chi connectivity index (χ0v) is 27.4. The lowest BCUT2D eigenvalue weighted by atomic mass is 9.64. The summed E-state index contributed by atoms with van der Waals surface area (Å²) >= 11 is 0. The molecule has 0 fully saturated rings. The van der Waals surface area contributed by atoms with Crippen LogP contribution in [0, 0.1) is 17.8 Å². The van der Waals surface area contributed by atoms with E-state index in [1.165, 1.54) is 0 Å². The lowest BCUT2D eigenvalue weighted by Crippen LogP contribution is -2.31. The Bertz CT molecular complexity index is 2100. The molecule has 0 amide bonds. The second-order valence-corrected chi connectivity index (χ2v) is 12.3. The van der Waals surface area contributed by atoms with Crippen molar-refractivity contribution in [2.24, 2.45) is 5.92 Å². The molecule has 0 unspecified atom stereocenters. The van der Waals surface area contributed by atoms with Gasteiger partial charge in [0.1, 0.15) is 0 Å². The van der Waals surface area contributed by atoms with Gasteiger partial charge < -0.3 is 0 Å². The van der Waals surface area contributed by atoms with Gasteiger partial charge in [-0.3, -0.25) is 15.0 Å². The number of pyridine rings is 3. The molecule has 0 atom stereocenters. The van der Waals surface area contributed by atoms with E-state index < -0.39 is 5.41 Å². The monoisotopic (exact) mass is 639 g/mol. The molecule has 0 aliphatic heterocycles. The third kappa shape index (κ3) is 6.07. The van der Waals surface area contributed by atoms with Crippen molar-refractivity contribution < 1.29 is 0 Å². The second kappa shape index (κ2) is 13.8. The van der Waals surface area contributed by atoms with Crippen molar-refractivity contribution in [3.8, 4) is 45.2 Å². The summed E-state index contributed by atoms with van der Waals surface area (Å²) in [5, 5.41) is 0. The summed E-state index contributed by atoms with van der Waals surface area (Å²) in [7, 11) is 0. The van der Waals surface area contributed by atoms with Gasteiger partial charge in [0.15, 0.2) is 0 Å². The van der Waals surface area contributed by atoms with Crippen molar-refractivity contribution in [2.45, 2.75) is 5.41 Å².